The van der Waals surface area contributed by atoms with E-state index in [0.717, 1.165) is 13.3 Å². The smallest absolute Gasteiger partial charge is 0.329 e. The molecule has 0 aliphatic heterocycles. The van der Waals surface area contributed by atoms with E-state index in [9.17, 15) is 115 Å². The number of ether oxygens (including phenoxy) is 8. The van der Waals surface area contributed by atoms with Crippen molar-refractivity contribution >= 4 is 143 Å². The Labute approximate surface area is 723 Å². The summed E-state index contributed by atoms with van der Waals surface area (Å²) in [6.45, 7) is 30.7. The van der Waals surface area contributed by atoms with Gasteiger partial charge in [-0.15, -0.1) is 0 Å². The van der Waals surface area contributed by atoms with Crippen molar-refractivity contribution in [2.24, 2.45) is 0 Å². The van der Waals surface area contributed by atoms with Gasteiger partial charge in [-0.05, 0) is 38.5 Å². The van der Waals surface area contributed by atoms with Crippen molar-refractivity contribution in [3.8, 4) is 0 Å². The van der Waals surface area contributed by atoms with Crippen molar-refractivity contribution in [3.63, 3.8) is 0 Å². The molecule has 0 radical (unpaired) electrons. The maximum Gasteiger partial charge on any atom is 0.329 e. The number of imidazole rings is 1. The van der Waals surface area contributed by atoms with Gasteiger partial charge in [-0.25, -0.2) is 24.2 Å². The summed E-state index contributed by atoms with van der Waals surface area (Å²) in [6, 6.07) is -3.93. The Bertz CT molecular complexity index is 3270. The normalized spacial score (nSPS) is 10.3. The first-order valence-corrected chi connectivity index (χ1v) is 37.8. The van der Waals surface area contributed by atoms with Crippen molar-refractivity contribution < 1.29 is 178 Å². The minimum absolute atomic E-state index is 0.0344. The van der Waals surface area contributed by atoms with Crippen LogP contribution in [0.25, 0.3) is 0 Å². The average Bonchev–Trinajstić information content (AvgIpc) is 1.73. The van der Waals surface area contributed by atoms with Gasteiger partial charge < -0.3 is 122 Å². The minimum atomic E-state index is -1.24. The number of nitrogens with one attached hydrogen (secondary N) is 11. The summed E-state index contributed by atoms with van der Waals surface area (Å²) in [7, 11) is 0. The summed E-state index contributed by atoms with van der Waals surface area (Å²) < 4.78 is 37.3. The van der Waals surface area contributed by atoms with Gasteiger partial charge in [-0.1, -0.05) is 0 Å². The van der Waals surface area contributed by atoms with Crippen molar-refractivity contribution in [2.75, 3.05) is 98.7 Å². The van der Waals surface area contributed by atoms with E-state index in [0.29, 0.717) is 103 Å². The van der Waals surface area contributed by atoms with Crippen LogP contribution >= 0.6 is 0 Å². The Morgan fingerprint density at radius 1 is 0.288 bits per heavy atom. The second-order valence-electron chi connectivity index (χ2n) is 24.8. The van der Waals surface area contributed by atoms with Crippen LogP contribution < -0.4 is 58.5 Å². The number of unbranched alkanes of at least 4 members (excludes halogenated alkanes) is 1. The third-order valence-corrected chi connectivity index (χ3v) is 12.2. The summed E-state index contributed by atoms with van der Waals surface area (Å²) in [5, 5.41) is 71.0. The molecule has 1 aromatic rings. The zero-order chi connectivity index (χ0) is 98.7. The Hall–Kier alpha value is -13.3. The Morgan fingerprint density at radius 2 is 0.552 bits per heavy atom. The standard InChI is InChI=1S/C10H13N3O4.C10H18N2O4.C9H16N2O4.C7H14N2O2.C7H11NO5.C7H12O5.C7H12O4.C6H12N2O2.C6H11NO3.C6H10O4/c1-6(14)12-9(10(16)17)3-8-4-13(5-11-8)7(2)15;1-7(13)11-6-4-3-5-9(10(15)16)12-8(2)14;1-6(12)10-5-3-4-8(9(14)15)11-7(2)13;1-6(10)8-4-3-5-9-7(2)11;1-4(9)8-6(7(11)12)3-13-5(2)10;1-5(8)11-3-7(10)4-12-6(2)9;1-6(8)10-4-3-5-11-7(2)9;1-5(9)7-3-4-8-6(2)10;1-5(8)7-3-4-10-6(2)9;1-5(7)9-3-4-10-6(2)8/h4-5,9H,3H2,1-2H3,(H,12,14)(H,16,17);9H,3-6H2,1-2H3,(H,11,13)(H,12,14)(H,15,16);8H,3-5H2,1-2H3,(H,10,12)(H,11,13)(H,14,15);3-5H2,1-2H3,(H,8,10)(H,9,11);6H,3H2,1-2H3,(H,8,9)(H,11,12);7,10H,3-4H2,1-2H3;3-5H2,1-2H3;3-4H2,1-2H3,(H,7,9)(H,8,10);3-4H2,1-2H3,(H,7,8);3-4H2,1-2H3. The molecule has 11 amide bonds. The SMILES string of the molecule is CC(=O)NC(COC(C)=O)C(=O)O.CC(=O)NC(Cc1cn(C(C)=O)cn1)C(=O)O.CC(=O)NCCCC(NC(C)=O)C(=O)O.CC(=O)NCCCCC(NC(C)=O)C(=O)O.CC(=O)NCCCNC(C)=O.CC(=O)NCCNC(C)=O.CC(=O)NCCOC(C)=O.CC(=O)OCC(O)COC(C)=O.CC(=O)OCCCOC(C)=O.CC(=O)OCCOC(C)=O. The number of hydrogen-bond acceptors (Lipinski definition) is 34. The van der Waals surface area contributed by atoms with E-state index < -0.39 is 83.9 Å². The lowest BCUT2D eigenvalue weighted by Crippen LogP contribution is -2.43. The van der Waals surface area contributed by atoms with Crippen LogP contribution in [0, 0.1) is 0 Å². The monoisotopic (exact) mass is 1800 g/mol. The van der Waals surface area contributed by atoms with E-state index in [4.69, 9.17) is 25.5 Å². The predicted octanol–water partition coefficient (Wildman–Crippen LogP) is -3.13. The number of esters is 8. The second kappa shape index (κ2) is 85.6. The summed E-state index contributed by atoms with van der Waals surface area (Å²) in [5.74, 6) is -10.1. The molecule has 125 heavy (non-hydrogen) atoms. The number of hydrogen-bond donors (Lipinski definition) is 16. The molecule has 716 valence electrons. The van der Waals surface area contributed by atoms with Crippen LogP contribution in [0.5, 0.6) is 0 Å². The molecule has 16 N–H and O–H groups in total. The number of aliphatic carboxylic acids is 4. The first-order valence-electron chi connectivity index (χ1n) is 37.8. The van der Waals surface area contributed by atoms with Gasteiger partial charge >= 0.3 is 71.6 Å². The summed E-state index contributed by atoms with van der Waals surface area (Å²) in [5.41, 5.74) is 0.432. The molecule has 0 saturated heterocycles. The number of aliphatic hydroxyl groups excluding tert-OH is 1. The highest BCUT2D eigenvalue weighted by molar-refractivity contribution is 5.85. The fourth-order valence-electron chi connectivity index (χ4n) is 7.08. The molecule has 1 rings (SSSR count). The number of amides is 11. The molecule has 4 atom stereocenters. The molecule has 0 aliphatic carbocycles. The second-order valence-corrected chi connectivity index (χ2v) is 24.8. The number of aromatic nitrogens is 2. The first-order chi connectivity index (χ1) is 57.8. The number of carbonyl (C=O) groups excluding carboxylic acids is 20. The van der Waals surface area contributed by atoms with Gasteiger partial charge in [0.25, 0.3) is 0 Å². The molecule has 4 unspecified atom stereocenters. The van der Waals surface area contributed by atoms with Crippen LogP contribution in [0.1, 0.15) is 194 Å². The van der Waals surface area contributed by atoms with Crippen LogP contribution in [0.3, 0.4) is 0 Å². The van der Waals surface area contributed by atoms with Gasteiger partial charge in [0, 0.05) is 197 Å². The van der Waals surface area contributed by atoms with Gasteiger partial charge in [0.15, 0.2) is 6.04 Å². The van der Waals surface area contributed by atoms with Crippen LogP contribution in [0.4, 0.5) is 0 Å². The van der Waals surface area contributed by atoms with Crippen LogP contribution in [0.2, 0.25) is 0 Å². The minimum Gasteiger partial charge on any atom is -0.480 e. The Kier molecular flexibility index (Phi) is 88.9. The highest BCUT2D eigenvalue weighted by atomic mass is 16.6. The number of carboxylic acid groups (broad SMARTS) is 4. The van der Waals surface area contributed by atoms with E-state index >= 15 is 0 Å². The number of rotatable bonds is 42. The molecule has 0 saturated carbocycles. The quantitative estimate of drug-likeness (QED) is 0.0175. The first kappa shape index (κ1) is 130. The Morgan fingerprint density at radius 3 is 0.848 bits per heavy atom. The molecule has 50 nitrogen and oxygen atoms in total. The lowest BCUT2D eigenvalue weighted by molar-refractivity contribution is -0.150. The van der Waals surface area contributed by atoms with E-state index in [-0.39, 0.29) is 135 Å². The van der Waals surface area contributed by atoms with Crippen molar-refractivity contribution in [1.82, 2.24) is 68.0 Å². The van der Waals surface area contributed by atoms with Gasteiger partial charge in [0.1, 0.15) is 70.2 Å². The van der Waals surface area contributed by atoms with Crippen LogP contribution in [-0.2, 0) is 155 Å². The van der Waals surface area contributed by atoms with E-state index in [1.165, 1.54) is 149 Å². The molecule has 1 heterocycles. The van der Waals surface area contributed by atoms with Crippen molar-refractivity contribution in [2.45, 2.75) is 220 Å². The zero-order valence-electron chi connectivity index (χ0n) is 74.5. The zero-order valence-corrected chi connectivity index (χ0v) is 74.5. The fraction of sp³-hybridized carbons (Fsp3) is 0.640. The van der Waals surface area contributed by atoms with Gasteiger partial charge in [-0.3, -0.25) is 100 Å². The van der Waals surface area contributed by atoms with E-state index in [1.54, 1.807) is 0 Å². The van der Waals surface area contributed by atoms with Crippen LogP contribution in [0.15, 0.2) is 12.5 Å². The molecule has 0 fully saturated rings. The number of carboxylic acids is 4. The summed E-state index contributed by atoms with van der Waals surface area (Å²) in [4.78, 5) is 254. The van der Waals surface area contributed by atoms with Crippen LogP contribution in [-0.4, -0.2) is 307 Å². The number of nitrogens with zero attached hydrogens (tertiary/aromatic N) is 2. The predicted molar refractivity (Wildman–Crippen MR) is 435 cm³/mol. The molecule has 0 aliphatic rings. The fourth-order valence-corrected chi connectivity index (χ4v) is 7.08. The summed E-state index contributed by atoms with van der Waals surface area (Å²) in [6.07, 6.45) is 5.69. The van der Waals surface area contributed by atoms with Gasteiger partial charge in [0.05, 0.1) is 25.5 Å². The molecule has 0 bridgehead atoms. The van der Waals surface area contributed by atoms with E-state index in [1.807, 2.05) is 0 Å². The molecule has 50 heteroatoms. The largest absolute Gasteiger partial charge is 0.480 e. The molecule has 0 aromatic carbocycles. The topological polar surface area (TPSA) is 735 Å². The lowest BCUT2D eigenvalue weighted by atomic mass is 10.1. The maximum atomic E-state index is 11.0. The number of aliphatic hydroxyl groups is 1. The average molecular weight is 1800 g/mol. The number of carbonyl (C=O) groups is 24. The third kappa shape index (κ3) is 124. The molecule has 1 aromatic heterocycles. The molecular weight excluding hydrogens is 1670 g/mol. The lowest BCUT2D eigenvalue weighted by Gasteiger charge is -2.12. The Balaban J connectivity index is -0.000000172. The highest BCUT2D eigenvalue weighted by Crippen LogP contribution is 2.04. The van der Waals surface area contributed by atoms with E-state index in [2.05, 4.69) is 101 Å². The van der Waals surface area contributed by atoms with Gasteiger partial charge in [0.2, 0.25) is 70.9 Å². The van der Waals surface area contributed by atoms with Crippen molar-refractivity contribution in [1.29, 1.82) is 0 Å². The van der Waals surface area contributed by atoms with Gasteiger partial charge in [-0.2, -0.15) is 0 Å². The molecular formula is C75H129N13O37. The van der Waals surface area contributed by atoms with Crippen molar-refractivity contribution in [3.05, 3.63) is 18.2 Å². The maximum absolute atomic E-state index is 11.0. The summed E-state index contributed by atoms with van der Waals surface area (Å²) >= 11 is 0. The molecule has 0 spiro atoms. The highest BCUT2D eigenvalue weighted by Gasteiger charge is 2.22. The third-order valence-electron chi connectivity index (χ3n) is 12.2.